The van der Waals surface area contributed by atoms with Gasteiger partial charge < -0.3 is 16.2 Å². The van der Waals surface area contributed by atoms with E-state index in [1.165, 1.54) is 6.07 Å². The van der Waals surface area contributed by atoms with Crippen molar-refractivity contribution in [2.45, 2.75) is 44.0 Å². The summed E-state index contributed by atoms with van der Waals surface area (Å²) in [6.07, 6.45) is -1.71. The summed E-state index contributed by atoms with van der Waals surface area (Å²) in [4.78, 5) is 11.1. The highest BCUT2D eigenvalue weighted by molar-refractivity contribution is 5.94. The summed E-state index contributed by atoms with van der Waals surface area (Å²) in [5.74, 6) is -1.04. The Morgan fingerprint density at radius 1 is 1.29 bits per heavy atom. The molecule has 0 spiro atoms. The van der Waals surface area contributed by atoms with E-state index in [0.717, 1.165) is 31.4 Å². The van der Waals surface area contributed by atoms with Gasteiger partial charge in [0.05, 0.1) is 11.1 Å². The second-order valence-corrected chi connectivity index (χ2v) is 5.24. The van der Waals surface area contributed by atoms with Crippen LogP contribution in [0.5, 0.6) is 5.75 Å². The minimum atomic E-state index is -4.66. The van der Waals surface area contributed by atoms with Crippen LogP contribution in [0.4, 0.5) is 13.2 Å². The monoisotopic (exact) mass is 302 g/mol. The molecule has 0 bridgehead atoms. The van der Waals surface area contributed by atoms with Gasteiger partial charge in [-0.1, -0.05) is 0 Å². The molecule has 1 aromatic rings. The molecule has 2 unspecified atom stereocenters. The first-order valence-corrected chi connectivity index (χ1v) is 6.70. The van der Waals surface area contributed by atoms with Crippen LogP contribution in [0.25, 0.3) is 0 Å². The molecule has 1 fully saturated rings. The molecule has 1 aromatic carbocycles. The Bertz CT molecular complexity index is 531. The number of halogens is 3. The zero-order chi connectivity index (χ0) is 15.6. The Kier molecular flexibility index (Phi) is 4.41. The molecule has 1 saturated carbocycles. The molecule has 4 N–H and O–H groups in total. The predicted octanol–water partition coefficient (Wildman–Crippen LogP) is 2.45. The number of carbonyl (C=O) groups is 1. The Morgan fingerprint density at radius 3 is 2.57 bits per heavy atom. The number of hydrogen-bond donors (Lipinski definition) is 2. The smallest absolute Gasteiger partial charge is 0.417 e. The van der Waals surface area contributed by atoms with Crippen LogP contribution in [0.1, 0.15) is 41.6 Å². The SMILES string of the molecule is NC(=O)c1ccc(OC2CCCC(N)C2)cc1C(F)(F)F. The van der Waals surface area contributed by atoms with E-state index in [-0.39, 0.29) is 17.9 Å². The van der Waals surface area contributed by atoms with Gasteiger partial charge in [-0.25, -0.2) is 0 Å². The Balaban J connectivity index is 2.23. The van der Waals surface area contributed by atoms with Crippen molar-refractivity contribution in [3.8, 4) is 5.75 Å². The molecule has 2 atom stereocenters. The van der Waals surface area contributed by atoms with Crippen LogP contribution < -0.4 is 16.2 Å². The zero-order valence-electron chi connectivity index (χ0n) is 11.3. The van der Waals surface area contributed by atoms with Crippen molar-refractivity contribution in [2.24, 2.45) is 11.5 Å². The van der Waals surface area contributed by atoms with E-state index in [0.29, 0.717) is 6.42 Å². The van der Waals surface area contributed by atoms with Crippen LogP contribution in [-0.2, 0) is 6.18 Å². The third-order valence-corrected chi connectivity index (χ3v) is 3.53. The second kappa shape index (κ2) is 5.93. The third kappa shape index (κ3) is 3.87. The van der Waals surface area contributed by atoms with Gasteiger partial charge in [-0.3, -0.25) is 4.79 Å². The van der Waals surface area contributed by atoms with E-state index in [1.54, 1.807) is 0 Å². The van der Waals surface area contributed by atoms with Gasteiger partial charge in [0, 0.05) is 6.04 Å². The Morgan fingerprint density at radius 2 is 2.00 bits per heavy atom. The summed E-state index contributed by atoms with van der Waals surface area (Å²) < 4.78 is 44.4. The largest absolute Gasteiger partial charge is 0.490 e. The van der Waals surface area contributed by atoms with Crippen molar-refractivity contribution in [2.75, 3.05) is 0 Å². The molecule has 0 aliphatic heterocycles. The maximum Gasteiger partial charge on any atom is 0.417 e. The fourth-order valence-electron chi connectivity index (χ4n) is 2.53. The fourth-order valence-corrected chi connectivity index (χ4v) is 2.53. The number of benzene rings is 1. The van der Waals surface area contributed by atoms with Gasteiger partial charge in [-0.2, -0.15) is 13.2 Å². The Labute approximate surface area is 120 Å². The molecule has 0 aromatic heterocycles. The number of hydrogen-bond acceptors (Lipinski definition) is 3. The zero-order valence-corrected chi connectivity index (χ0v) is 11.3. The number of nitrogens with two attached hydrogens (primary N) is 2. The van der Waals surface area contributed by atoms with Gasteiger partial charge in [-0.05, 0) is 43.9 Å². The number of amides is 1. The summed E-state index contributed by atoms with van der Waals surface area (Å²) in [5, 5.41) is 0. The predicted molar refractivity (Wildman–Crippen MR) is 70.8 cm³/mol. The molecule has 116 valence electrons. The molecule has 21 heavy (non-hydrogen) atoms. The van der Waals surface area contributed by atoms with Crippen LogP contribution in [-0.4, -0.2) is 18.1 Å². The molecular weight excluding hydrogens is 285 g/mol. The lowest BCUT2D eigenvalue weighted by molar-refractivity contribution is -0.138. The molecular formula is C14H17F3N2O2. The highest BCUT2D eigenvalue weighted by atomic mass is 19.4. The summed E-state index contributed by atoms with van der Waals surface area (Å²) in [5.41, 5.74) is 9.15. The van der Waals surface area contributed by atoms with Gasteiger partial charge in [-0.15, -0.1) is 0 Å². The topological polar surface area (TPSA) is 78.3 Å². The number of ether oxygens (including phenoxy) is 1. The van der Waals surface area contributed by atoms with Crippen molar-refractivity contribution < 1.29 is 22.7 Å². The molecule has 7 heteroatoms. The molecule has 0 saturated heterocycles. The summed E-state index contributed by atoms with van der Waals surface area (Å²) >= 11 is 0. The van der Waals surface area contributed by atoms with Crippen molar-refractivity contribution in [1.82, 2.24) is 0 Å². The Hall–Kier alpha value is -1.76. The third-order valence-electron chi connectivity index (χ3n) is 3.53. The van der Waals surface area contributed by atoms with Gasteiger partial charge >= 0.3 is 6.18 Å². The van der Waals surface area contributed by atoms with E-state index in [1.807, 2.05) is 0 Å². The molecule has 1 aliphatic rings. The molecule has 1 aliphatic carbocycles. The van der Waals surface area contributed by atoms with E-state index >= 15 is 0 Å². The minimum absolute atomic E-state index is 0.00993. The highest BCUT2D eigenvalue weighted by Crippen LogP contribution is 2.35. The van der Waals surface area contributed by atoms with Crippen LogP contribution in [0, 0.1) is 0 Å². The normalized spacial score (nSPS) is 22.9. The van der Waals surface area contributed by atoms with Crippen molar-refractivity contribution in [3.63, 3.8) is 0 Å². The lowest BCUT2D eigenvalue weighted by Crippen LogP contribution is -2.33. The van der Waals surface area contributed by atoms with Gasteiger partial charge in [0.1, 0.15) is 11.9 Å². The molecule has 2 rings (SSSR count). The summed E-state index contributed by atoms with van der Waals surface area (Å²) in [6, 6.07) is 3.20. The van der Waals surface area contributed by atoms with E-state index in [2.05, 4.69) is 0 Å². The van der Waals surface area contributed by atoms with Gasteiger partial charge in [0.2, 0.25) is 5.91 Å². The average molecular weight is 302 g/mol. The fraction of sp³-hybridized carbons (Fsp3) is 0.500. The first-order chi connectivity index (χ1) is 9.77. The number of carbonyl (C=O) groups excluding carboxylic acids is 1. The quantitative estimate of drug-likeness (QED) is 0.900. The first-order valence-electron chi connectivity index (χ1n) is 6.70. The lowest BCUT2D eigenvalue weighted by Gasteiger charge is -2.27. The first kappa shape index (κ1) is 15.6. The molecule has 0 radical (unpaired) electrons. The van der Waals surface area contributed by atoms with Crippen molar-refractivity contribution >= 4 is 5.91 Å². The lowest BCUT2D eigenvalue weighted by atomic mass is 9.93. The van der Waals surface area contributed by atoms with E-state index in [9.17, 15) is 18.0 Å². The van der Waals surface area contributed by atoms with Crippen molar-refractivity contribution in [3.05, 3.63) is 29.3 Å². The van der Waals surface area contributed by atoms with Crippen LogP contribution in [0.2, 0.25) is 0 Å². The number of primary amides is 1. The van der Waals surface area contributed by atoms with Crippen molar-refractivity contribution in [1.29, 1.82) is 0 Å². The standard InChI is InChI=1S/C14H17F3N2O2/c15-14(16,17)12-7-10(4-5-11(12)13(19)20)21-9-3-1-2-8(18)6-9/h4-5,7-9H,1-3,6,18H2,(H2,19,20). The van der Waals surface area contributed by atoms with Crippen LogP contribution >= 0.6 is 0 Å². The summed E-state index contributed by atoms with van der Waals surface area (Å²) in [6.45, 7) is 0. The number of rotatable bonds is 3. The van der Waals surface area contributed by atoms with E-state index < -0.39 is 23.2 Å². The maximum atomic E-state index is 12.9. The maximum absolute atomic E-state index is 12.9. The second-order valence-electron chi connectivity index (χ2n) is 5.24. The van der Waals surface area contributed by atoms with Gasteiger partial charge in [0.15, 0.2) is 0 Å². The van der Waals surface area contributed by atoms with Crippen LogP contribution in [0.3, 0.4) is 0 Å². The van der Waals surface area contributed by atoms with E-state index in [4.69, 9.17) is 16.2 Å². The molecule has 1 amide bonds. The highest BCUT2D eigenvalue weighted by Gasteiger charge is 2.35. The average Bonchev–Trinajstić information content (AvgIpc) is 2.37. The van der Waals surface area contributed by atoms with Gasteiger partial charge in [0.25, 0.3) is 0 Å². The minimum Gasteiger partial charge on any atom is -0.490 e. The number of alkyl halides is 3. The summed E-state index contributed by atoms with van der Waals surface area (Å²) in [7, 11) is 0. The molecule has 0 heterocycles. The van der Waals surface area contributed by atoms with Crippen LogP contribution in [0.15, 0.2) is 18.2 Å². The molecule has 4 nitrogen and oxygen atoms in total.